The number of hydrogen-bond donors (Lipinski definition) is 1. The van der Waals surface area contributed by atoms with Gasteiger partial charge in [0.2, 0.25) is 5.91 Å². The van der Waals surface area contributed by atoms with Crippen molar-refractivity contribution in [2.75, 3.05) is 19.8 Å². The molecule has 1 fully saturated rings. The lowest BCUT2D eigenvalue weighted by molar-refractivity contribution is -0.274. The number of carboxylic acids is 1. The molecule has 0 aromatic heterocycles. The van der Waals surface area contributed by atoms with Gasteiger partial charge in [0.25, 0.3) is 0 Å². The lowest BCUT2D eigenvalue weighted by Gasteiger charge is -2.32. The van der Waals surface area contributed by atoms with Crippen molar-refractivity contribution in [3.05, 3.63) is 29.8 Å². The van der Waals surface area contributed by atoms with E-state index in [1.54, 1.807) is 0 Å². The molecule has 1 N–H and O–H groups in total. The lowest BCUT2D eigenvalue weighted by Crippen LogP contribution is -2.53. The van der Waals surface area contributed by atoms with Crippen molar-refractivity contribution in [1.82, 2.24) is 4.90 Å². The van der Waals surface area contributed by atoms with E-state index in [9.17, 15) is 22.8 Å². The lowest BCUT2D eigenvalue weighted by atomic mass is 10.1. The van der Waals surface area contributed by atoms with Gasteiger partial charge in [-0.05, 0) is 17.7 Å². The molecular formula is C14H14F3NO5. The number of halogens is 3. The SMILES string of the molecule is O=C(O)C1COCCN1C(=O)Cc1ccc(OC(F)(F)F)cc1. The molecule has 1 atom stereocenters. The number of benzene rings is 1. The number of carbonyl (C=O) groups excluding carboxylic acids is 1. The zero-order valence-corrected chi connectivity index (χ0v) is 11.9. The van der Waals surface area contributed by atoms with Crippen molar-refractivity contribution >= 4 is 11.9 Å². The largest absolute Gasteiger partial charge is 0.573 e. The van der Waals surface area contributed by atoms with Crippen molar-refractivity contribution < 1.29 is 37.3 Å². The number of amides is 1. The molecule has 0 bridgehead atoms. The Morgan fingerprint density at radius 3 is 2.52 bits per heavy atom. The molecule has 1 aliphatic heterocycles. The van der Waals surface area contributed by atoms with Gasteiger partial charge in [-0.3, -0.25) is 4.79 Å². The van der Waals surface area contributed by atoms with Crippen LogP contribution in [0.25, 0.3) is 0 Å². The maximum atomic E-state index is 12.2. The highest BCUT2D eigenvalue weighted by Crippen LogP contribution is 2.23. The summed E-state index contributed by atoms with van der Waals surface area (Å²) < 4.78 is 45.0. The smallest absolute Gasteiger partial charge is 0.480 e. The highest BCUT2D eigenvalue weighted by molar-refractivity contribution is 5.85. The third-order valence-electron chi connectivity index (χ3n) is 3.25. The van der Waals surface area contributed by atoms with Crippen LogP contribution < -0.4 is 4.74 Å². The van der Waals surface area contributed by atoms with Crippen molar-refractivity contribution in [2.24, 2.45) is 0 Å². The summed E-state index contributed by atoms with van der Waals surface area (Å²) in [6.07, 6.45) is -4.89. The van der Waals surface area contributed by atoms with E-state index in [1.165, 1.54) is 17.0 Å². The van der Waals surface area contributed by atoms with Crippen LogP contribution in [0.5, 0.6) is 5.75 Å². The van der Waals surface area contributed by atoms with Gasteiger partial charge < -0.3 is 19.5 Å². The number of carboxylic acid groups (broad SMARTS) is 1. The molecule has 0 radical (unpaired) electrons. The number of morpholine rings is 1. The Hall–Kier alpha value is -2.29. The van der Waals surface area contributed by atoms with Crippen LogP contribution in [0, 0.1) is 0 Å². The predicted molar refractivity (Wildman–Crippen MR) is 70.8 cm³/mol. The molecule has 126 valence electrons. The van der Waals surface area contributed by atoms with Crippen molar-refractivity contribution in [1.29, 1.82) is 0 Å². The molecular weight excluding hydrogens is 319 g/mol. The molecule has 0 aliphatic carbocycles. The number of hydrogen-bond acceptors (Lipinski definition) is 4. The van der Waals surface area contributed by atoms with Crippen LogP contribution in [-0.2, 0) is 20.7 Å². The standard InChI is InChI=1S/C14H14F3NO5/c15-14(16,17)23-10-3-1-9(2-4-10)7-12(19)18-5-6-22-8-11(18)13(20)21/h1-4,11H,5-8H2,(H,20,21). The highest BCUT2D eigenvalue weighted by atomic mass is 19.4. The normalized spacial score (nSPS) is 18.6. The van der Waals surface area contributed by atoms with E-state index in [4.69, 9.17) is 9.84 Å². The van der Waals surface area contributed by atoms with Crippen LogP contribution >= 0.6 is 0 Å². The fourth-order valence-corrected chi connectivity index (χ4v) is 2.19. The first-order chi connectivity index (χ1) is 10.8. The second-order valence-corrected chi connectivity index (χ2v) is 4.88. The molecule has 1 aromatic rings. The van der Waals surface area contributed by atoms with Gasteiger partial charge in [-0.2, -0.15) is 0 Å². The number of rotatable bonds is 4. The summed E-state index contributed by atoms with van der Waals surface area (Å²) in [6, 6.07) is 3.81. The van der Waals surface area contributed by atoms with Gasteiger partial charge in [-0.1, -0.05) is 12.1 Å². The van der Waals surface area contributed by atoms with E-state index in [1.807, 2.05) is 0 Å². The van der Waals surface area contributed by atoms with E-state index in [2.05, 4.69) is 4.74 Å². The Kier molecular flexibility index (Phi) is 5.09. The zero-order chi connectivity index (χ0) is 17.0. The minimum atomic E-state index is -4.78. The molecule has 0 saturated carbocycles. The van der Waals surface area contributed by atoms with E-state index in [0.29, 0.717) is 5.56 Å². The molecule has 1 aromatic carbocycles. The Morgan fingerprint density at radius 1 is 1.30 bits per heavy atom. The Balaban J connectivity index is 2.00. The number of aliphatic carboxylic acids is 1. The summed E-state index contributed by atoms with van der Waals surface area (Å²) in [5.41, 5.74) is 0.458. The average Bonchev–Trinajstić information content (AvgIpc) is 2.47. The molecule has 2 rings (SSSR count). The van der Waals surface area contributed by atoms with Crippen LogP contribution in [0.2, 0.25) is 0 Å². The molecule has 1 aliphatic rings. The van der Waals surface area contributed by atoms with Gasteiger partial charge in [-0.15, -0.1) is 13.2 Å². The van der Waals surface area contributed by atoms with Gasteiger partial charge in [0.1, 0.15) is 5.75 Å². The van der Waals surface area contributed by atoms with Crippen molar-refractivity contribution in [2.45, 2.75) is 18.8 Å². The quantitative estimate of drug-likeness (QED) is 0.902. The van der Waals surface area contributed by atoms with E-state index in [0.717, 1.165) is 12.1 Å². The molecule has 1 heterocycles. The molecule has 1 saturated heterocycles. The third-order valence-corrected chi connectivity index (χ3v) is 3.25. The van der Waals surface area contributed by atoms with E-state index >= 15 is 0 Å². The second-order valence-electron chi connectivity index (χ2n) is 4.88. The topological polar surface area (TPSA) is 76.1 Å². The van der Waals surface area contributed by atoms with Crippen LogP contribution in [0.3, 0.4) is 0 Å². The van der Waals surface area contributed by atoms with Crippen LogP contribution in [0.4, 0.5) is 13.2 Å². The number of alkyl halides is 3. The minimum Gasteiger partial charge on any atom is -0.480 e. The molecule has 1 unspecified atom stereocenters. The molecule has 9 heteroatoms. The Labute approximate surface area is 129 Å². The van der Waals surface area contributed by atoms with Gasteiger partial charge in [0.05, 0.1) is 19.6 Å². The summed E-state index contributed by atoms with van der Waals surface area (Å²) in [5, 5.41) is 9.07. The fourth-order valence-electron chi connectivity index (χ4n) is 2.19. The summed E-state index contributed by atoms with van der Waals surface area (Å²) in [5.74, 6) is -1.97. The van der Waals surface area contributed by atoms with E-state index < -0.39 is 24.3 Å². The molecule has 6 nitrogen and oxygen atoms in total. The fraction of sp³-hybridized carbons (Fsp3) is 0.429. The van der Waals surface area contributed by atoms with E-state index in [-0.39, 0.29) is 31.9 Å². The zero-order valence-electron chi connectivity index (χ0n) is 11.9. The molecule has 0 spiro atoms. The number of ether oxygens (including phenoxy) is 2. The second kappa shape index (κ2) is 6.86. The summed E-state index contributed by atoms with van der Waals surface area (Å²) in [7, 11) is 0. The third kappa shape index (κ3) is 4.85. The van der Waals surface area contributed by atoms with Crippen molar-refractivity contribution in [3.8, 4) is 5.75 Å². The highest BCUT2D eigenvalue weighted by Gasteiger charge is 2.33. The van der Waals surface area contributed by atoms with Crippen LogP contribution in [-0.4, -0.2) is 54.0 Å². The van der Waals surface area contributed by atoms with Crippen molar-refractivity contribution in [3.63, 3.8) is 0 Å². The van der Waals surface area contributed by atoms with Gasteiger partial charge in [0.15, 0.2) is 6.04 Å². The van der Waals surface area contributed by atoms with Crippen LogP contribution in [0.1, 0.15) is 5.56 Å². The van der Waals surface area contributed by atoms with Gasteiger partial charge >= 0.3 is 12.3 Å². The monoisotopic (exact) mass is 333 g/mol. The molecule has 23 heavy (non-hydrogen) atoms. The summed E-state index contributed by atoms with van der Waals surface area (Å²) in [6.45, 7) is 0.318. The first-order valence-electron chi connectivity index (χ1n) is 6.71. The summed E-state index contributed by atoms with van der Waals surface area (Å²) >= 11 is 0. The van der Waals surface area contributed by atoms with Gasteiger partial charge in [-0.25, -0.2) is 4.79 Å². The summed E-state index contributed by atoms with van der Waals surface area (Å²) in [4.78, 5) is 24.5. The predicted octanol–water partition coefficient (Wildman–Crippen LogP) is 1.44. The maximum absolute atomic E-state index is 12.2. The first kappa shape index (κ1) is 17.1. The Bertz CT molecular complexity index is 573. The average molecular weight is 333 g/mol. The minimum absolute atomic E-state index is 0.0839. The Morgan fingerprint density at radius 2 is 1.96 bits per heavy atom. The first-order valence-corrected chi connectivity index (χ1v) is 6.71. The maximum Gasteiger partial charge on any atom is 0.573 e. The number of nitrogens with zero attached hydrogens (tertiary/aromatic N) is 1. The molecule has 1 amide bonds. The van der Waals surface area contributed by atoms with Crippen LogP contribution in [0.15, 0.2) is 24.3 Å². The number of carbonyl (C=O) groups is 2. The van der Waals surface area contributed by atoms with Gasteiger partial charge in [0, 0.05) is 6.54 Å².